The van der Waals surface area contributed by atoms with E-state index in [-0.39, 0.29) is 5.91 Å². The molecule has 4 nitrogen and oxygen atoms in total. The van der Waals surface area contributed by atoms with Crippen LogP contribution in [0.1, 0.15) is 20.3 Å². The Balaban J connectivity index is 2.27. The number of hydrogen-bond acceptors (Lipinski definition) is 3. The van der Waals surface area contributed by atoms with Gasteiger partial charge in [-0.15, -0.1) is 0 Å². The summed E-state index contributed by atoms with van der Waals surface area (Å²) in [6.07, 6.45) is 1.06. The summed E-state index contributed by atoms with van der Waals surface area (Å²) < 4.78 is 0. The summed E-state index contributed by atoms with van der Waals surface area (Å²) >= 11 is 0. The molecule has 0 aliphatic carbocycles. The van der Waals surface area contributed by atoms with Gasteiger partial charge in [0.2, 0.25) is 5.91 Å². The van der Waals surface area contributed by atoms with Crippen molar-refractivity contribution in [1.29, 1.82) is 0 Å². The first-order valence-corrected chi connectivity index (χ1v) is 5.42. The van der Waals surface area contributed by atoms with Crippen molar-refractivity contribution in [3.05, 3.63) is 0 Å². The van der Waals surface area contributed by atoms with Gasteiger partial charge in [0.1, 0.15) is 0 Å². The van der Waals surface area contributed by atoms with Crippen LogP contribution >= 0.6 is 0 Å². The summed E-state index contributed by atoms with van der Waals surface area (Å²) in [5.74, 6) is 0.224. The number of rotatable bonds is 3. The third kappa shape index (κ3) is 4.07. The van der Waals surface area contributed by atoms with Crippen molar-refractivity contribution >= 4 is 5.91 Å². The maximum atomic E-state index is 11.7. The molecule has 0 aromatic heterocycles. The van der Waals surface area contributed by atoms with Gasteiger partial charge in [0.15, 0.2) is 0 Å². The summed E-state index contributed by atoms with van der Waals surface area (Å²) in [5.41, 5.74) is 0. The van der Waals surface area contributed by atoms with E-state index in [1.807, 2.05) is 4.90 Å². The van der Waals surface area contributed by atoms with Crippen LogP contribution in [0.25, 0.3) is 0 Å². The Morgan fingerprint density at radius 3 is 2.93 bits per heavy atom. The topological polar surface area (TPSA) is 44.4 Å². The molecule has 0 spiro atoms. The fourth-order valence-electron chi connectivity index (χ4n) is 1.50. The molecule has 0 radical (unpaired) electrons. The average Bonchev–Trinajstić information content (AvgIpc) is 2.42. The Kier molecular flexibility index (Phi) is 4.90. The predicted octanol–water partition coefficient (Wildman–Crippen LogP) is -0.194. The highest BCUT2D eigenvalue weighted by Crippen LogP contribution is 1.95. The van der Waals surface area contributed by atoms with Crippen LogP contribution in [0.5, 0.6) is 0 Å². The minimum Gasteiger partial charge on any atom is -0.340 e. The first-order chi connectivity index (χ1) is 6.70. The summed E-state index contributed by atoms with van der Waals surface area (Å²) in [6, 6.07) is 0.379. The van der Waals surface area contributed by atoms with Gasteiger partial charge < -0.3 is 15.5 Å². The van der Waals surface area contributed by atoms with E-state index in [1.54, 1.807) is 0 Å². The molecule has 1 saturated heterocycles. The number of carbonyl (C=O) groups is 1. The van der Waals surface area contributed by atoms with E-state index in [9.17, 15) is 4.79 Å². The molecule has 2 N–H and O–H groups in total. The Morgan fingerprint density at radius 1 is 1.43 bits per heavy atom. The number of nitrogens with one attached hydrogen (secondary N) is 2. The van der Waals surface area contributed by atoms with Gasteiger partial charge in [-0.25, -0.2) is 0 Å². The van der Waals surface area contributed by atoms with E-state index >= 15 is 0 Å². The van der Waals surface area contributed by atoms with Crippen LogP contribution in [0, 0.1) is 0 Å². The van der Waals surface area contributed by atoms with Gasteiger partial charge in [0.25, 0.3) is 0 Å². The standard InChI is InChI=1S/C10H21N3O/c1-9(2)12-8-10(14)13-6-3-4-11-5-7-13/h9,11-12H,3-8H2,1-2H3. The fraction of sp³-hybridized carbons (Fsp3) is 0.900. The summed E-state index contributed by atoms with van der Waals surface area (Å²) in [5, 5.41) is 6.43. The second kappa shape index (κ2) is 5.98. The van der Waals surface area contributed by atoms with Gasteiger partial charge in [0.05, 0.1) is 6.54 Å². The van der Waals surface area contributed by atoms with Crippen molar-refractivity contribution in [3.8, 4) is 0 Å². The summed E-state index contributed by atoms with van der Waals surface area (Å²) in [4.78, 5) is 13.6. The molecule has 1 heterocycles. The Bertz CT molecular complexity index is 174. The van der Waals surface area contributed by atoms with Gasteiger partial charge in [-0.05, 0) is 13.0 Å². The lowest BCUT2D eigenvalue weighted by Gasteiger charge is -2.20. The molecule has 0 saturated carbocycles. The molecule has 4 heteroatoms. The van der Waals surface area contributed by atoms with Crippen LogP contribution in [0.3, 0.4) is 0 Å². The van der Waals surface area contributed by atoms with Gasteiger partial charge in [-0.3, -0.25) is 4.79 Å². The van der Waals surface area contributed by atoms with Crippen LogP contribution in [0.15, 0.2) is 0 Å². The highest BCUT2D eigenvalue weighted by molar-refractivity contribution is 5.78. The third-order valence-corrected chi connectivity index (χ3v) is 2.35. The highest BCUT2D eigenvalue weighted by Gasteiger charge is 2.14. The second-order valence-electron chi connectivity index (χ2n) is 4.02. The lowest BCUT2D eigenvalue weighted by atomic mass is 10.3. The molecule has 0 aromatic rings. The zero-order valence-corrected chi connectivity index (χ0v) is 9.18. The zero-order valence-electron chi connectivity index (χ0n) is 9.18. The van der Waals surface area contributed by atoms with Crippen molar-refractivity contribution < 1.29 is 4.79 Å². The van der Waals surface area contributed by atoms with Crippen molar-refractivity contribution in [3.63, 3.8) is 0 Å². The molecule has 1 fully saturated rings. The van der Waals surface area contributed by atoms with Crippen molar-refractivity contribution in [2.45, 2.75) is 26.3 Å². The maximum Gasteiger partial charge on any atom is 0.236 e. The SMILES string of the molecule is CC(C)NCC(=O)N1CCCNCC1. The van der Waals surface area contributed by atoms with E-state index in [4.69, 9.17) is 0 Å². The predicted molar refractivity (Wildman–Crippen MR) is 57.2 cm³/mol. The lowest BCUT2D eigenvalue weighted by Crippen LogP contribution is -2.41. The van der Waals surface area contributed by atoms with Gasteiger partial charge in [-0.1, -0.05) is 13.8 Å². The fourth-order valence-corrected chi connectivity index (χ4v) is 1.50. The molecular formula is C10H21N3O. The van der Waals surface area contributed by atoms with E-state index in [0.717, 1.165) is 32.6 Å². The Hall–Kier alpha value is -0.610. The molecule has 1 aliphatic rings. The largest absolute Gasteiger partial charge is 0.340 e. The molecule has 1 amide bonds. The maximum absolute atomic E-state index is 11.7. The van der Waals surface area contributed by atoms with Crippen LogP contribution in [-0.4, -0.2) is 49.6 Å². The first kappa shape index (κ1) is 11.5. The van der Waals surface area contributed by atoms with E-state index < -0.39 is 0 Å². The zero-order chi connectivity index (χ0) is 10.4. The van der Waals surface area contributed by atoms with Crippen molar-refractivity contribution in [2.75, 3.05) is 32.7 Å². The molecule has 0 bridgehead atoms. The van der Waals surface area contributed by atoms with Gasteiger partial charge >= 0.3 is 0 Å². The number of carbonyl (C=O) groups excluding carboxylic acids is 1. The average molecular weight is 199 g/mol. The van der Waals surface area contributed by atoms with Crippen LogP contribution in [-0.2, 0) is 4.79 Å². The third-order valence-electron chi connectivity index (χ3n) is 2.35. The molecule has 1 rings (SSSR count). The first-order valence-electron chi connectivity index (χ1n) is 5.42. The minimum atomic E-state index is 0.224. The van der Waals surface area contributed by atoms with Crippen molar-refractivity contribution in [1.82, 2.24) is 15.5 Å². The molecule has 0 atom stereocenters. The number of nitrogens with zero attached hydrogens (tertiary/aromatic N) is 1. The van der Waals surface area contributed by atoms with Crippen LogP contribution in [0.2, 0.25) is 0 Å². The van der Waals surface area contributed by atoms with Crippen molar-refractivity contribution in [2.24, 2.45) is 0 Å². The molecule has 14 heavy (non-hydrogen) atoms. The van der Waals surface area contributed by atoms with Crippen LogP contribution < -0.4 is 10.6 Å². The molecule has 0 unspecified atom stereocenters. The number of amides is 1. The highest BCUT2D eigenvalue weighted by atomic mass is 16.2. The smallest absolute Gasteiger partial charge is 0.236 e. The van der Waals surface area contributed by atoms with E-state index in [0.29, 0.717) is 12.6 Å². The summed E-state index contributed by atoms with van der Waals surface area (Å²) in [6.45, 7) is 8.27. The summed E-state index contributed by atoms with van der Waals surface area (Å²) in [7, 11) is 0. The Morgan fingerprint density at radius 2 is 2.21 bits per heavy atom. The molecule has 0 aromatic carbocycles. The van der Waals surface area contributed by atoms with E-state index in [1.165, 1.54) is 0 Å². The van der Waals surface area contributed by atoms with Gasteiger partial charge in [-0.2, -0.15) is 0 Å². The molecular weight excluding hydrogens is 178 g/mol. The quantitative estimate of drug-likeness (QED) is 0.662. The molecule has 1 aliphatic heterocycles. The van der Waals surface area contributed by atoms with E-state index in [2.05, 4.69) is 24.5 Å². The Labute approximate surface area is 86.0 Å². The lowest BCUT2D eigenvalue weighted by molar-refractivity contribution is -0.130. The van der Waals surface area contributed by atoms with Crippen LogP contribution in [0.4, 0.5) is 0 Å². The second-order valence-corrected chi connectivity index (χ2v) is 4.02. The monoisotopic (exact) mass is 199 g/mol. The number of hydrogen-bond donors (Lipinski definition) is 2. The normalized spacial score (nSPS) is 18.4. The van der Waals surface area contributed by atoms with Gasteiger partial charge in [0, 0.05) is 25.7 Å². The molecule has 82 valence electrons. The minimum absolute atomic E-state index is 0.224.